The molecule has 0 N–H and O–H groups in total. The van der Waals surface area contributed by atoms with Crippen molar-refractivity contribution in [1.82, 2.24) is 0 Å². The fraction of sp³-hybridized carbons (Fsp3) is 1.00. The predicted molar refractivity (Wildman–Crippen MR) is 63.6 cm³/mol. The van der Waals surface area contributed by atoms with Crippen molar-refractivity contribution in [3.05, 3.63) is 0 Å². The lowest BCUT2D eigenvalue weighted by atomic mass is 9.97. The lowest BCUT2D eigenvalue weighted by Gasteiger charge is -2.13. The van der Waals surface area contributed by atoms with E-state index in [1.54, 1.807) is 0 Å². The summed E-state index contributed by atoms with van der Waals surface area (Å²) < 4.78 is 5.64. The molecule has 0 aromatic rings. The second kappa shape index (κ2) is 9.51. The maximum absolute atomic E-state index is 5.64. The summed E-state index contributed by atoms with van der Waals surface area (Å²) in [6, 6.07) is 0. The van der Waals surface area contributed by atoms with Crippen molar-refractivity contribution in [3.63, 3.8) is 0 Å². The Morgan fingerprint density at radius 2 is 1.57 bits per heavy atom. The molecule has 0 aromatic heterocycles. The number of rotatable bonds is 9. The first-order valence-corrected chi connectivity index (χ1v) is 6.36. The molecule has 1 unspecified atom stereocenters. The Bertz CT molecular complexity index is 108. The van der Waals surface area contributed by atoms with Crippen LogP contribution in [0.15, 0.2) is 0 Å². The van der Waals surface area contributed by atoms with E-state index < -0.39 is 0 Å². The monoisotopic (exact) mass is 200 g/mol. The zero-order chi connectivity index (χ0) is 10.8. The standard InChI is InChI=1S/C13H28O/c1-5-12(4)14-11-9-8-10-13(6-2)7-3/h12-13H,5-11H2,1-4H3. The number of hydrogen-bond donors (Lipinski definition) is 0. The Labute approximate surface area is 90.2 Å². The van der Waals surface area contributed by atoms with Crippen LogP contribution >= 0.6 is 0 Å². The topological polar surface area (TPSA) is 9.23 Å². The summed E-state index contributed by atoms with van der Waals surface area (Å²) in [4.78, 5) is 0. The molecule has 0 aromatic carbocycles. The fourth-order valence-electron chi connectivity index (χ4n) is 1.63. The zero-order valence-corrected chi connectivity index (χ0v) is 10.5. The van der Waals surface area contributed by atoms with Gasteiger partial charge in [-0.1, -0.05) is 46.5 Å². The molecule has 0 fully saturated rings. The van der Waals surface area contributed by atoms with Gasteiger partial charge in [0.05, 0.1) is 6.10 Å². The SMILES string of the molecule is CCC(CC)CCCCOC(C)CC. The smallest absolute Gasteiger partial charge is 0.0544 e. The van der Waals surface area contributed by atoms with Gasteiger partial charge in [0.2, 0.25) is 0 Å². The molecule has 0 rings (SSSR count). The van der Waals surface area contributed by atoms with Crippen LogP contribution in [-0.4, -0.2) is 12.7 Å². The average molecular weight is 200 g/mol. The highest BCUT2D eigenvalue weighted by atomic mass is 16.5. The predicted octanol–water partition coefficient (Wildman–Crippen LogP) is 4.41. The summed E-state index contributed by atoms with van der Waals surface area (Å²) in [6.07, 6.45) is 8.21. The molecule has 14 heavy (non-hydrogen) atoms. The maximum Gasteiger partial charge on any atom is 0.0544 e. The van der Waals surface area contributed by atoms with Gasteiger partial charge in [-0.05, 0) is 25.7 Å². The van der Waals surface area contributed by atoms with Crippen molar-refractivity contribution in [1.29, 1.82) is 0 Å². The Kier molecular flexibility index (Phi) is 9.49. The van der Waals surface area contributed by atoms with Crippen molar-refractivity contribution in [2.45, 2.75) is 72.3 Å². The Balaban J connectivity index is 3.20. The number of ether oxygens (including phenoxy) is 1. The lowest BCUT2D eigenvalue weighted by Crippen LogP contribution is -2.07. The molecule has 0 heterocycles. The van der Waals surface area contributed by atoms with Gasteiger partial charge in [0.15, 0.2) is 0 Å². The summed E-state index contributed by atoms with van der Waals surface area (Å²) in [5.41, 5.74) is 0. The molecule has 0 amide bonds. The van der Waals surface area contributed by atoms with Crippen LogP contribution in [0, 0.1) is 5.92 Å². The minimum Gasteiger partial charge on any atom is -0.379 e. The molecule has 0 radical (unpaired) electrons. The largest absolute Gasteiger partial charge is 0.379 e. The van der Waals surface area contributed by atoms with E-state index in [-0.39, 0.29) is 0 Å². The van der Waals surface area contributed by atoms with Gasteiger partial charge in [0.25, 0.3) is 0 Å². The van der Waals surface area contributed by atoms with Gasteiger partial charge in [0.1, 0.15) is 0 Å². The third kappa shape index (κ3) is 7.37. The van der Waals surface area contributed by atoms with Crippen LogP contribution in [0.3, 0.4) is 0 Å². The van der Waals surface area contributed by atoms with Gasteiger partial charge < -0.3 is 4.74 Å². The summed E-state index contributed by atoms with van der Waals surface area (Å²) in [6.45, 7) is 9.87. The quantitative estimate of drug-likeness (QED) is 0.501. The molecule has 0 aliphatic heterocycles. The minimum atomic E-state index is 0.447. The van der Waals surface area contributed by atoms with Gasteiger partial charge in [-0.25, -0.2) is 0 Å². The van der Waals surface area contributed by atoms with Crippen molar-refractivity contribution < 1.29 is 4.74 Å². The van der Waals surface area contributed by atoms with Crippen LogP contribution in [0.2, 0.25) is 0 Å². The van der Waals surface area contributed by atoms with E-state index >= 15 is 0 Å². The molecule has 1 nitrogen and oxygen atoms in total. The second-order valence-corrected chi connectivity index (χ2v) is 4.27. The highest BCUT2D eigenvalue weighted by Crippen LogP contribution is 2.15. The van der Waals surface area contributed by atoms with Gasteiger partial charge in [-0.15, -0.1) is 0 Å². The van der Waals surface area contributed by atoms with Crippen molar-refractivity contribution in [2.24, 2.45) is 5.92 Å². The first-order chi connectivity index (χ1) is 6.74. The fourth-order valence-corrected chi connectivity index (χ4v) is 1.63. The molecule has 0 aliphatic rings. The first-order valence-electron chi connectivity index (χ1n) is 6.36. The average Bonchev–Trinajstić information content (AvgIpc) is 2.23. The zero-order valence-electron chi connectivity index (χ0n) is 10.5. The van der Waals surface area contributed by atoms with E-state index in [0.717, 1.165) is 18.9 Å². The second-order valence-electron chi connectivity index (χ2n) is 4.27. The molecule has 1 atom stereocenters. The van der Waals surface area contributed by atoms with Gasteiger partial charge in [-0.2, -0.15) is 0 Å². The van der Waals surface area contributed by atoms with Gasteiger partial charge in [-0.3, -0.25) is 0 Å². The van der Waals surface area contributed by atoms with Gasteiger partial charge in [0, 0.05) is 6.61 Å². The van der Waals surface area contributed by atoms with E-state index in [0.29, 0.717) is 6.10 Å². The molecule has 0 aliphatic carbocycles. The van der Waals surface area contributed by atoms with E-state index in [4.69, 9.17) is 4.74 Å². The number of unbranched alkanes of at least 4 members (excludes halogenated alkanes) is 1. The Morgan fingerprint density at radius 3 is 2.07 bits per heavy atom. The molecule has 0 saturated carbocycles. The highest BCUT2D eigenvalue weighted by molar-refractivity contribution is 4.55. The third-order valence-electron chi connectivity index (χ3n) is 3.14. The number of hydrogen-bond acceptors (Lipinski definition) is 1. The minimum absolute atomic E-state index is 0.447. The van der Waals surface area contributed by atoms with Crippen LogP contribution in [0.4, 0.5) is 0 Å². The maximum atomic E-state index is 5.64. The van der Waals surface area contributed by atoms with Crippen LogP contribution in [0.5, 0.6) is 0 Å². The molecule has 1 heteroatoms. The first kappa shape index (κ1) is 14.0. The van der Waals surface area contributed by atoms with Crippen molar-refractivity contribution in [2.75, 3.05) is 6.61 Å². The lowest BCUT2D eigenvalue weighted by molar-refractivity contribution is 0.0602. The van der Waals surface area contributed by atoms with Crippen molar-refractivity contribution in [3.8, 4) is 0 Å². The molecular formula is C13H28O. The van der Waals surface area contributed by atoms with E-state index in [1.165, 1.54) is 32.1 Å². The Hall–Kier alpha value is -0.0400. The molecular weight excluding hydrogens is 172 g/mol. The normalized spacial score (nSPS) is 13.5. The molecule has 0 saturated heterocycles. The van der Waals surface area contributed by atoms with E-state index in [1.807, 2.05) is 0 Å². The van der Waals surface area contributed by atoms with E-state index in [9.17, 15) is 0 Å². The molecule has 0 spiro atoms. The van der Waals surface area contributed by atoms with Crippen LogP contribution in [-0.2, 0) is 4.74 Å². The summed E-state index contributed by atoms with van der Waals surface area (Å²) in [5.74, 6) is 0.943. The van der Waals surface area contributed by atoms with E-state index in [2.05, 4.69) is 27.7 Å². The summed E-state index contributed by atoms with van der Waals surface area (Å²) in [7, 11) is 0. The molecule has 86 valence electrons. The summed E-state index contributed by atoms with van der Waals surface area (Å²) >= 11 is 0. The molecule has 0 bridgehead atoms. The van der Waals surface area contributed by atoms with Gasteiger partial charge >= 0.3 is 0 Å². The van der Waals surface area contributed by atoms with Crippen LogP contribution < -0.4 is 0 Å². The van der Waals surface area contributed by atoms with Crippen molar-refractivity contribution >= 4 is 0 Å². The van der Waals surface area contributed by atoms with Crippen LogP contribution in [0.25, 0.3) is 0 Å². The summed E-state index contributed by atoms with van der Waals surface area (Å²) in [5, 5.41) is 0. The Morgan fingerprint density at radius 1 is 0.929 bits per heavy atom. The highest BCUT2D eigenvalue weighted by Gasteiger charge is 2.03. The van der Waals surface area contributed by atoms with Crippen LogP contribution in [0.1, 0.15) is 66.2 Å². The third-order valence-corrected chi connectivity index (χ3v) is 3.14.